The molecule has 1 heterocycles. The van der Waals surface area contributed by atoms with Crippen LogP contribution in [0.2, 0.25) is 0 Å². The predicted molar refractivity (Wildman–Crippen MR) is 76.2 cm³/mol. The van der Waals surface area contributed by atoms with Crippen LogP contribution in [-0.2, 0) is 6.18 Å². The Bertz CT molecular complexity index is 418. The third kappa shape index (κ3) is 6.80. The van der Waals surface area contributed by atoms with Crippen molar-refractivity contribution < 1.29 is 23.0 Å². The van der Waals surface area contributed by atoms with Crippen LogP contribution in [0.4, 0.5) is 13.2 Å². The summed E-state index contributed by atoms with van der Waals surface area (Å²) in [5, 5.41) is 9.30. The topological polar surface area (TPSA) is 42.4 Å². The van der Waals surface area contributed by atoms with Crippen molar-refractivity contribution in [3.63, 3.8) is 0 Å². The second-order valence-corrected chi connectivity index (χ2v) is 4.81. The number of hydrogen-bond acceptors (Lipinski definition) is 3. The van der Waals surface area contributed by atoms with Gasteiger partial charge in [0.15, 0.2) is 0 Å². The fourth-order valence-corrected chi connectivity index (χ4v) is 1.51. The standard InChI is InChI=1S/C13H18F3NO2.C2H6/c1-8(2)4-5-19-10-6-11(13(14,15)16)12(9(3)18)17-7-10;1-2/h6-9,18H,4-5H2,1-3H3;1-2H3. The van der Waals surface area contributed by atoms with Crippen LogP contribution in [0.15, 0.2) is 12.3 Å². The Labute approximate surface area is 124 Å². The summed E-state index contributed by atoms with van der Waals surface area (Å²) in [6, 6.07) is 0.884. The van der Waals surface area contributed by atoms with Crippen LogP contribution in [0, 0.1) is 5.92 Å². The lowest BCUT2D eigenvalue weighted by molar-refractivity contribution is -0.139. The van der Waals surface area contributed by atoms with Crippen LogP contribution in [0.1, 0.15) is 58.4 Å². The van der Waals surface area contributed by atoms with Gasteiger partial charge in [-0.1, -0.05) is 27.7 Å². The molecular weight excluding hydrogens is 283 g/mol. The van der Waals surface area contributed by atoms with Gasteiger partial charge in [0.25, 0.3) is 0 Å². The number of ether oxygens (including phenoxy) is 1. The van der Waals surface area contributed by atoms with Gasteiger partial charge in [-0.2, -0.15) is 13.2 Å². The van der Waals surface area contributed by atoms with E-state index >= 15 is 0 Å². The van der Waals surface area contributed by atoms with E-state index in [1.807, 2.05) is 27.7 Å². The molecule has 0 aliphatic heterocycles. The summed E-state index contributed by atoms with van der Waals surface area (Å²) in [5.74, 6) is 0.476. The lowest BCUT2D eigenvalue weighted by Gasteiger charge is -2.15. The summed E-state index contributed by atoms with van der Waals surface area (Å²) >= 11 is 0. The number of alkyl halides is 3. The third-order valence-electron chi connectivity index (χ3n) is 2.56. The van der Waals surface area contributed by atoms with Gasteiger partial charge in [0, 0.05) is 0 Å². The Hall–Kier alpha value is -1.30. The second kappa shape index (κ2) is 8.87. The van der Waals surface area contributed by atoms with Crippen molar-refractivity contribution in [3.05, 3.63) is 23.5 Å². The molecule has 1 aromatic heterocycles. The van der Waals surface area contributed by atoms with Crippen LogP contribution < -0.4 is 4.74 Å². The quantitative estimate of drug-likeness (QED) is 0.864. The Kier molecular flexibility index (Phi) is 8.32. The number of aliphatic hydroxyl groups excluding tert-OH is 1. The van der Waals surface area contributed by atoms with E-state index in [4.69, 9.17) is 4.74 Å². The molecule has 21 heavy (non-hydrogen) atoms. The highest BCUT2D eigenvalue weighted by molar-refractivity contribution is 5.32. The van der Waals surface area contributed by atoms with Gasteiger partial charge >= 0.3 is 6.18 Å². The first-order valence-electron chi connectivity index (χ1n) is 7.09. The Morgan fingerprint density at radius 2 is 1.81 bits per heavy atom. The lowest BCUT2D eigenvalue weighted by atomic mass is 10.1. The molecule has 0 spiro atoms. The molecule has 1 atom stereocenters. The van der Waals surface area contributed by atoms with Gasteiger partial charge in [-0.3, -0.25) is 4.98 Å². The van der Waals surface area contributed by atoms with Crippen molar-refractivity contribution in [2.75, 3.05) is 6.61 Å². The molecule has 0 aliphatic rings. The lowest BCUT2D eigenvalue weighted by Crippen LogP contribution is -2.13. The van der Waals surface area contributed by atoms with E-state index in [1.165, 1.54) is 13.1 Å². The van der Waals surface area contributed by atoms with Gasteiger partial charge in [0.05, 0.1) is 30.2 Å². The summed E-state index contributed by atoms with van der Waals surface area (Å²) in [6.07, 6.45) is -3.88. The van der Waals surface area contributed by atoms with Gasteiger partial charge in [0.1, 0.15) is 5.75 Å². The van der Waals surface area contributed by atoms with E-state index in [1.54, 1.807) is 0 Å². The van der Waals surface area contributed by atoms with Gasteiger partial charge < -0.3 is 9.84 Å². The number of nitrogens with zero attached hydrogens (tertiary/aromatic N) is 1. The molecule has 0 saturated carbocycles. The second-order valence-electron chi connectivity index (χ2n) is 4.81. The summed E-state index contributed by atoms with van der Waals surface area (Å²) in [6.45, 7) is 9.58. The number of aliphatic hydroxyl groups is 1. The highest BCUT2D eigenvalue weighted by Crippen LogP contribution is 2.35. The van der Waals surface area contributed by atoms with Crippen LogP contribution >= 0.6 is 0 Å². The molecule has 122 valence electrons. The molecule has 0 aliphatic carbocycles. The smallest absolute Gasteiger partial charge is 0.418 e. The first-order chi connectivity index (χ1) is 9.71. The van der Waals surface area contributed by atoms with E-state index in [9.17, 15) is 18.3 Å². The minimum atomic E-state index is -4.56. The maximum absolute atomic E-state index is 12.8. The first-order valence-corrected chi connectivity index (χ1v) is 7.09. The van der Waals surface area contributed by atoms with Crippen molar-refractivity contribution in [2.24, 2.45) is 5.92 Å². The van der Waals surface area contributed by atoms with Crippen LogP contribution in [0.3, 0.4) is 0 Å². The average molecular weight is 307 g/mol. The molecule has 0 aromatic carbocycles. The zero-order valence-corrected chi connectivity index (χ0v) is 13.2. The maximum Gasteiger partial charge on any atom is 0.418 e. The summed E-state index contributed by atoms with van der Waals surface area (Å²) in [4.78, 5) is 3.65. The molecule has 0 radical (unpaired) electrons. The molecular formula is C15H24F3NO2. The minimum absolute atomic E-state index is 0.0670. The van der Waals surface area contributed by atoms with E-state index in [0.717, 1.165) is 12.5 Å². The molecule has 6 heteroatoms. The fraction of sp³-hybridized carbons (Fsp3) is 0.667. The largest absolute Gasteiger partial charge is 0.492 e. The van der Waals surface area contributed by atoms with E-state index in [-0.39, 0.29) is 11.4 Å². The highest BCUT2D eigenvalue weighted by Gasteiger charge is 2.35. The van der Waals surface area contributed by atoms with Gasteiger partial charge in [-0.15, -0.1) is 0 Å². The molecule has 0 saturated heterocycles. The first kappa shape index (κ1) is 19.7. The molecule has 1 aromatic rings. The monoisotopic (exact) mass is 307 g/mol. The van der Waals surface area contributed by atoms with E-state index in [0.29, 0.717) is 12.5 Å². The Balaban J connectivity index is 0.00000191. The summed E-state index contributed by atoms with van der Waals surface area (Å²) in [5.41, 5.74) is -1.34. The molecule has 0 fully saturated rings. The number of rotatable bonds is 5. The number of aromatic nitrogens is 1. The normalized spacial score (nSPS) is 12.7. The SMILES string of the molecule is CC.CC(C)CCOc1cnc(C(C)O)c(C(F)(F)F)c1. The number of halogens is 3. The van der Waals surface area contributed by atoms with Crippen LogP contribution in [-0.4, -0.2) is 16.7 Å². The highest BCUT2D eigenvalue weighted by atomic mass is 19.4. The van der Waals surface area contributed by atoms with Crippen LogP contribution in [0.5, 0.6) is 5.75 Å². The number of hydrogen-bond donors (Lipinski definition) is 1. The fourth-order valence-electron chi connectivity index (χ4n) is 1.51. The van der Waals surface area contributed by atoms with Crippen LogP contribution in [0.25, 0.3) is 0 Å². The Morgan fingerprint density at radius 1 is 1.24 bits per heavy atom. The van der Waals surface area contributed by atoms with Crippen molar-refractivity contribution in [1.29, 1.82) is 0 Å². The van der Waals surface area contributed by atoms with Crippen molar-refractivity contribution in [2.45, 2.75) is 53.3 Å². The molecule has 0 bridgehead atoms. The molecule has 1 unspecified atom stereocenters. The van der Waals surface area contributed by atoms with E-state index < -0.39 is 17.8 Å². The van der Waals surface area contributed by atoms with Gasteiger partial charge in [0.2, 0.25) is 0 Å². The summed E-state index contributed by atoms with van der Waals surface area (Å²) in [7, 11) is 0. The zero-order chi connectivity index (χ0) is 16.6. The molecule has 1 rings (SSSR count). The average Bonchev–Trinajstić information content (AvgIpc) is 2.39. The third-order valence-corrected chi connectivity index (χ3v) is 2.56. The van der Waals surface area contributed by atoms with E-state index in [2.05, 4.69) is 4.98 Å². The van der Waals surface area contributed by atoms with Gasteiger partial charge in [-0.05, 0) is 25.3 Å². The van der Waals surface area contributed by atoms with Crippen molar-refractivity contribution >= 4 is 0 Å². The van der Waals surface area contributed by atoms with Crippen molar-refractivity contribution in [3.8, 4) is 5.75 Å². The predicted octanol–water partition coefficient (Wildman–Crippen LogP) is 4.60. The minimum Gasteiger partial charge on any atom is -0.492 e. The molecule has 3 nitrogen and oxygen atoms in total. The van der Waals surface area contributed by atoms with Crippen molar-refractivity contribution in [1.82, 2.24) is 4.98 Å². The summed E-state index contributed by atoms with van der Waals surface area (Å²) < 4.78 is 43.7. The van der Waals surface area contributed by atoms with Gasteiger partial charge in [-0.25, -0.2) is 0 Å². The molecule has 0 amide bonds. The Morgan fingerprint density at radius 3 is 2.24 bits per heavy atom. The zero-order valence-electron chi connectivity index (χ0n) is 13.2. The molecule has 1 N–H and O–H groups in total. The number of pyridine rings is 1. The maximum atomic E-state index is 12.8.